The molecule has 3 heterocycles. The summed E-state index contributed by atoms with van der Waals surface area (Å²) >= 11 is 6.04. The Morgan fingerprint density at radius 2 is 2.08 bits per heavy atom. The Morgan fingerprint density at radius 1 is 1.25 bits per heavy atom. The highest BCUT2D eigenvalue weighted by Gasteiger charge is 2.61. The molecule has 130 valence electrons. The Hall–Kier alpha value is -1.32. The molecule has 24 heavy (non-hydrogen) atoms. The van der Waals surface area contributed by atoms with Crippen LogP contribution in [0.15, 0.2) is 12.7 Å². The summed E-state index contributed by atoms with van der Waals surface area (Å²) in [4.78, 5) is 12.3. The molecule has 4 rings (SSSR count). The SMILES string of the molecule is OC[C@H]1[C@@H](n2cnc3c(Cl)ncnc32)[C@H](O)[C@@]2(CCCCO2)[C@@H]1O. The van der Waals surface area contributed by atoms with E-state index in [1.165, 1.54) is 12.7 Å². The molecule has 1 spiro atoms. The van der Waals surface area contributed by atoms with Crippen LogP contribution >= 0.6 is 11.6 Å². The molecule has 2 fully saturated rings. The number of aliphatic hydroxyl groups is 3. The van der Waals surface area contributed by atoms with Crippen molar-refractivity contribution in [3.63, 3.8) is 0 Å². The number of ether oxygens (including phenoxy) is 1. The number of rotatable bonds is 2. The molecule has 0 unspecified atom stereocenters. The van der Waals surface area contributed by atoms with Crippen molar-refractivity contribution in [3.05, 3.63) is 17.8 Å². The summed E-state index contributed by atoms with van der Waals surface area (Å²) in [7, 11) is 0. The molecule has 0 amide bonds. The molecule has 8 nitrogen and oxygen atoms in total. The van der Waals surface area contributed by atoms with E-state index in [2.05, 4.69) is 15.0 Å². The van der Waals surface area contributed by atoms with Gasteiger partial charge >= 0.3 is 0 Å². The summed E-state index contributed by atoms with van der Waals surface area (Å²) < 4.78 is 7.50. The van der Waals surface area contributed by atoms with Crippen LogP contribution in [0.4, 0.5) is 0 Å². The summed E-state index contributed by atoms with van der Waals surface area (Å²) in [6, 6.07) is -0.612. The average molecular weight is 355 g/mol. The van der Waals surface area contributed by atoms with Gasteiger partial charge in [-0.05, 0) is 19.3 Å². The van der Waals surface area contributed by atoms with E-state index >= 15 is 0 Å². The molecule has 0 aromatic carbocycles. The lowest BCUT2D eigenvalue weighted by Gasteiger charge is -2.39. The Labute approximate surface area is 143 Å². The third-order valence-electron chi connectivity index (χ3n) is 5.35. The lowest BCUT2D eigenvalue weighted by molar-refractivity contribution is -0.181. The Morgan fingerprint density at radius 3 is 2.79 bits per heavy atom. The fourth-order valence-corrected chi connectivity index (χ4v) is 4.34. The number of imidazole rings is 1. The topological polar surface area (TPSA) is 114 Å². The van der Waals surface area contributed by atoms with E-state index in [9.17, 15) is 15.3 Å². The first-order valence-electron chi connectivity index (χ1n) is 8.04. The van der Waals surface area contributed by atoms with Gasteiger partial charge in [0.1, 0.15) is 23.5 Å². The van der Waals surface area contributed by atoms with Crippen LogP contribution in [0, 0.1) is 5.92 Å². The molecule has 2 aliphatic rings. The van der Waals surface area contributed by atoms with Crippen molar-refractivity contribution in [2.45, 2.75) is 43.1 Å². The van der Waals surface area contributed by atoms with Crippen LogP contribution in [-0.4, -0.2) is 65.9 Å². The lowest BCUT2D eigenvalue weighted by atomic mass is 9.87. The van der Waals surface area contributed by atoms with Crippen molar-refractivity contribution in [3.8, 4) is 0 Å². The van der Waals surface area contributed by atoms with Gasteiger partial charge in [-0.25, -0.2) is 15.0 Å². The monoisotopic (exact) mass is 354 g/mol. The first-order valence-corrected chi connectivity index (χ1v) is 8.42. The molecule has 2 aromatic heterocycles. The Balaban J connectivity index is 1.82. The van der Waals surface area contributed by atoms with E-state index in [-0.39, 0.29) is 11.8 Å². The molecule has 3 N–H and O–H groups in total. The molecular formula is C15H19ClN4O4. The van der Waals surface area contributed by atoms with Gasteiger partial charge in [-0.2, -0.15) is 0 Å². The van der Waals surface area contributed by atoms with E-state index in [4.69, 9.17) is 16.3 Å². The summed E-state index contributed by atoms with van der Waals surface area (Å²) in [6.45, 7) is 0.199. The molecule has 1 aliphatic heterocycles. The van der Waals surface area contributed by atoms with Crippen molar-refractivity contribution in [1.82, 2.24) is 19.5 Å². The predicted octanol–water partition coefficient (Wildman–Crippen LogP) is 0.304. The Kier molecular flexibility index (Phi) is 3.97. The largest absolute Gasteiger partial charge is 0.396 e. The Bertz CT molecular complexity index is 748. The van der Waals surface area contributed by atoms with Gasteiger partial charge < -0.3 is 24.6 Å². The number of halogens is 1. The smallest absolute Gasteiger partial charge is 0.165 e. The van der Waals surface area contributed by atoms with E-state index < -0.39 is 29.8 Å². The molecule has 5 atom stereocenters. The molecule has 9 heteroatoms. The maximum Gasteiger partial charge on any atom is 0.165 e. The van der Waals surface area contributed by atoms with Crippen molar-refractivity contribution in [1.29, 1.82) is 0 Å². The van der Waals surface area contributed by atoms with E-state index in [1.807, 2.05) is 0 Å². The zero-order chi connectivity index (χ0) is 16.9. The maximum absolute atomic E-state index is 11.0. The molecule has 1 saturated heterocycles. The third-order valence-corrected chi connectivity index (χ3v) is 5.62. The van der Waals surface area contributed by atoms with Crippen LogP contribution in [0.3, 0.4) is 0 Å². The van der Waals surface area contributed by atoms with Gasteiger partial charge in [0.05, 0.1) is 25.1 Å². The molecule has 1 aliphatic carbocycles. The van der Waals surface area contributed by atoms with Gasteiger partial charge in [-0.15, -0.1) is 0 Å². The number of nitrogens with zero attached hydrogens (tertiary/aromatic N) is 4. The highest BCUT2D eigenvalue weighted by Crippen LogP contribution is 2.49. The minimum Gasteiger partial charge on any atom is -0.396 e. The number of hydrogen-bond acceptors (Lipinski definition) is 7. The summed E-state index contributed by atoms with van der Waals surface area (Å²) in [6.07, 6.45) is 3.17. The fraction of sp³-hybridized carbons (Fsp3) is 0.667. The van der Waals surface area contributed by atoms with Crippen LogP contribution in [0.2, 0.25) is 5.15 Å². The van der Waals surface area contributed by atoms with Crippen LogP contribution in [-0.2, 0) is 4.74 Å². The van der Waals surface area contributed by atoms with Crippen LogP contribution in [0.5, 0.6) is 0 Å². The quantitative estimate of drug-likeness (QED) is 0.665. The fourth-order valence-electron chi connectivity index (χ4n) is 4.16. The third kappa shape index (κ3) is 2.11. The number of hydrogen-bond donors (Lipinski definition) is 3. The minimum absolute atomic E-state index is 0.218. The minimum atomic E-state index is -1.07. The van der Waals surface area contributed by atoms with Gasteiger partial charge in [0.15, 0.2) is 10.8 Å². The highest BCUT2D eigenvalue weighted by molar-refractivity contribution is 6.33. The first kappa shape index (κ1) is 16.2. The molecule has 0 bridgehead atoms. The van der Waals surface area contributed by atoms with Crippen molar-refractivity contribution in [2.24, 2.45) is 5.92 Å². The average Bonchev–Trinajstić information content (AvgIpc) is 3.11. The van der Waals surface area contributed by atoms with Gasteiger partial charge in [0.2, 0.25) is 0 Å². The van der Waals surface area contributed by atoms with Crippen LogP contribution < -0.4 is 0 Å². The summed E-state index contributed by atoms with van der Waals surface area (Å²) in [5, 5.41) is 31.9. The second-order valence-electron chi connectivity index (χ2n) is 6.48. The van der Waals surface area contributed by atoms with Gasteiger partial charge in [-0.3, -0.25) is 0 Å². The standard InChI is InChI=1S/C15H19ClN4O4/c16-13-9-14(18-6-17-13)20(7-19-9)10-8(5-21)11(22)15(12(10)23)3-1-2-4-24-15/h6-8,10-12,21-23H,1-5H2/t8-,10+,11+,12-,15+/m0/s1. The second kappa shape index (κ2) is 5.89. The van der Waals surface area contributed by atoms with Crippen LogP contribution in [0.25, 0.3) is 11.2 Å². The van der Waals surface area contributed by atoms with Crippen LogP contribution in [0.1, 0.15) is 25.3 Å². The van der Waals surface area contributed by atoms with Gasteiger partial charge in [0.25, 0.3) is 0 Å². The van der Waals surface area contributed by atoms with E-state index in [0.29, 0.717) is 24.2 Å². The first-order chi connectivity index (χ1) is 11.6. The van der Waals surface area contributed by atoms with Gasteiger partial charge in [0, 0.05) is 12.5 Å². The zero-order valence-corrected chi connectivity index (χ0v) is 13.7. The van der Waals surface area contributed by atoms with Crippen molar-refractivity contribution < 1.29 is 20.1 Å². The number of aromatic nitrogens is 4. The number of fused-ring (bicyclic) bond motifs is 1. The number of aliphatic hydroxyl groups excluding tert-OH is 3. The normalized spacial score (nSPS) is 36.7. The molecular weight excluding hydrogens is 336 g/mol. The molecule has 2 aromatic rings. The summed E-state index contributed by atoms with van der Waals surface area (Å²) in [5.41, 5.74) is -0.190. The van der Waals surface area contributed by atoms with Crippen molar-refractivity contribution in [2.75, 3.05) is 13.2 Å². The zero-order valence-electron chi connectivity index (χ0n) is 12.9. The molecule has 1 saturated carbocycles. The molecule has 0 radical (unpaired) electrons. The maximum atomic E-state index is 11.0. The second-order valence-corrected chi connectivity index (χ2v) is 6.83. The highest BCUT2D eigenvalue weighted by atomic mass is 35.5. The predicted molar refractivity (Wildman–Crippen MR) is 84.5 cm³/mol. The van der Waals surface area contributed by atoms with E-state index in [0.717, 1.165) is 12.8 Å². The van der Waals surface area contributed by atoms with Gasteiger partial charge in [-0.1, -0.05) is 11.6 Å². The van der Waals surface area contributed by atoms with Crippen molar-refractivity contribution >= 4 is 22.8 Å². The van der Waals surface area contributed by atoms with E-state index in [1.54, 1.807) is 4.57 Å². The summed E-state index contributed by atoms with van der Waals surface area (Å²) in [5.74, 6) is -0.593. The lowest BCUT2D eigenvalue weighted by Crippen LogP contribution is -2.52.